The van der Waals surface area contributed by atoms with Crippen LogP contribution in [0.5, 0.6) is 0 Å². The van der Waals surface area contributed by atoms with E-state index < -0.39 is 20.3 Å². The van der Waals surface area contributed by atoms with Crippen molar-refractivity contribution < 1.29 is 20.3 Å². The minimum absolute atomic E-state index is 0. The average Bonchev–Trinajstić information content (AvgIpc) is 3.02. The van der Waals surface area contributed by atoms with Crippen LogP contribution in [0.4, 0.5) is 0 Å². The summed E-state index contributed by atoms with van der Waals surface area (Å²) in [5.74, 6) is 1.38. The van der Waals surface area contributed by atoms with Crippen molar-refractivity contribution in [3.63, 3.8) is 0 Å². The van der Waals surface area contributed by atoms with Gasteiger partial charge >= 0.3 is 142 Å². The molecule has 0 aliphatic heterocycles. The molecule has 0 bridgehead atoms. The van der Waals surface area contributed by atoms with Gasteiger partial charge in [-0.3, -0.25) is 0 Å². The first-order valence-electron chi connectivity index (χ1n) is 9.25. The van der Waals surface area contributed by atoms with E-state index in [-0.39, 0.29) is 24.8 Å². The summed E-state index contributed by atoms with van der Waals surface area (Å²) in [4.78, 5) is 0. The van der Waals surface area contributed by atoms with Crippen LogP contribution in [-0.2, 0) is 20.3 Å². The van der Waals surface area contributed by atoms with Gasteiger partial charge in [-0.15, -0.1) is 24.8 Å². The Hall–Kier alpha value is 0.423. The SMILES string of the molecule is CC1=[C]([Zr]([CH3])([C]2=C(C)C=CC2C)[CH]2CCCCC2)C(C)C=C1.Cl.Cl. The maximum Gasteiger partial charge on any atom is -0.147 e. The smallest absolute Gasteiger partial charge is 0.147 e. The quantitative estimate of drug-likeness (QED) is 0.414. The molecule has 3 aliphatic carbocycles. The van der Waals surface area contributed by atoms with Gasteiger partial charge in [-0.25, -0.2) is 0 Å². The molecule has 0 saturated heterocycles. The summed E-state index contributed by atoms with van der Waals surface area (Å²) in [5.41, 5.74) is 3.24. The van der Waals surface area contributed by atoms with Crippen LogP contribution >= 0.6 is 24.8 Å². The predicted octanol–water partition coefficient (Wildman–Crippen LogP) is 7.74. The fraction of sp³-hybridized carbons (Fsp3) is 0.619. The molecule has 136 valence electrons. The van der Waals surface area contributed by atoms with E-state index in [2.05, 4.69) is 56.6 Å². The molecule has 3 heteroatoms. The predicted molar refractivity (Wildman–Crippen MR) is 109 cm³/mol. The van der Waals surface area contributed by atoms with Crippen molar-refractivity contribution in [3.05, 3.63) is 42.0 Å². The van der Waals surface area contributed by atoms with E-state index in [1.165, 1.54) is 32.1 Å². The molecule has 0 nitrogen and oxygen atoms in total. The van der Waals surface area contributed by atoms with Crippen molar-refractivity contribution >= 4 is 24.8 Å². The second kappa shape index (κ2) is 8.88. The minimum atomic E-state index is -2.55. The van der Waals surface area contributed by atoms with Gasteiger partial charge in [-0.05, 0) is 0 Å². The molecule has 3 aliphatic rings. The third kappa shape index (κ3) is 3.74. The van der Waals surface area contributed by atoms with Gasteiger partial charge in [0.1, 0.15) is 0 Å². The molecule has 2 atom stereocenters. The summed E-state index contributed by atoms with van der Waals surface area (Å²) in [6.07, 6.45) is 17.2. The summed E-state index contributed by atoms with van der Waals surface area (Å²) in [6.45, 7) is 9.67. The van der Waals surface area contributed by atoms with Crippen molar-refractivity contribution in [2.24, 2.45) is 11.8 Å². The monoisotopic (exact) mass is 446 g/mol. The Morgan fingerprint density at radius 3 is 1.54 bits per heavy atom. The number of hydrogen-bond donors (Lipinski definition) is 0. The topological polar surface area (TPSA) is 0 Å². The van der Waals surface area contributed by atoms with E-state index in [0.29, 0.717) is 11.8 Å². The van der Waals surface area contributed by atoms with E-state index in [0.717, 1.165) is 3.63 Å². The number of allylic oxidation sites excluding steroid dienone is 8. The molecule has 0 heterocycles. The zero-order valence-corrected chi connectivity index (χ0v) is 20.0. The number of halogens is 2. The van der Waals surface area contributed by atoms with Gasteiger partial charge in [0.15, 0.2) is 0 Å². The summed E-state index contributed by atoms with van der Waals surface area (Å²) in [5, 5.41) is 0. The van der Waals surface area contributed by atoms with Crippen LogP contribution < -0.4 is 0 Å². The Labute approximate surface area is 166 Å². The first kappa shape index (κ1) is 22.5. The van der Waals surface area contributed by atoms with Crippen LogP contribution in [0.15, 0.2) is 42.0 Å². The second-order valence-corrected chi connectivity index (χ2v) is 18.6. The molecule has 2 unspecified atom stereocenters. The third-order valence-corrected chi connectivity index (χ3v) is 21.7. The molecule has 0 spiro atoms. The molecule has 0 N–H and O–H groups in total. The van der Waals surface area contributed by atoms with Crippen molar-refractivity contribution in [2.75, 3.05) is 0 Å². The number of rotatable bonds is 3. The molecule has 0 radical (unpaired) electrons. The first-order chi connectivity index (χ1) is 10.5. The largest absolute Gasteiger partial charge is 0.147 e. The molecule has 1 fully saturated rings. The Morgan fingerprint density at radius 1 is 0.792 bits per heavy atom. The zero-order valence-electron chi connectivity index (χ0n) is 15.9. The Kier molecular flexibility index (Phi) is 8.31. The van der Waals surface area contributed by atoms with E-state index in [4.69, 9.17) is 0 Å². The van der Waals surface area contributed by atoms with Crippen molar-refractivity contribution in [1.29, 1.82) is 0 Å². The van der Waals surface area contributed by atoms with Gasteiger partial charge < -0.3 is 0 Å². The molecule has 0 aromatic heterocycles. The first-order valence-corrected chi connectivity index (χ1v) is 15.6. The fourth-order valence-corrected chi connectivity index (χ4v) is 22.0. The summed E-state index contributed by atoms with van der Waals surface area (Å²) in [6, 6.07) is 0. The standard InChI is InChI=1S/2C7H9.C6H11.CH3.2ClH.Zr/c2*1-6-3-4-7(2)5-6;1-2-4-6-5-3-1;;;;/h2*3-4,6H,1-2H3;1H,2-6H2;1H3;2*1H;. The second-order valence-electron chi connectivity index (χ2n) is 8.03. The zero-order chi connectivity index (χ0) is 15.9. The van der Waals surface area contributed by atoms with Crippen LogP contribution in [0.1, 0.15) is 59.8 Å². The number of hydrogen-bond acceptors (Lipinski definition) is 0. The third-order valence-electron chi connectivity index (χ3n) is 6.57. The van der Waals surface area contributed by atoms with Crippen molar-refractivity contribution in [3.8, 4) is 0 Å². The maximum absolute atomic E-state index is 2.79. The maximum atomic E-state index is 2.79. The normalized spacial score (nSPS) is 29.5. The van der Waals surface area contributed by atoms with E-state index in [9.17, 15) is 0 Å². The fourth-order valence-electron chi connectivity index (χ4n) is 5.70. The molecule has 0 aromatic carbocycles. The van der Waals surface area contributed by atoms with Crippen LogP contribution in [0.3, 0.4) is 0 Å². The van der Waals surface area contributed by atoms with Crippen LogP contribution in [0, 0.1) is 11.8 Å². The minimum Gasteiger partial charge on any atom is -0.147 e. The molecule has 0 amide bonds. The van der Waals surface area contributed by atoms with Crippen molar-refractivity contribution in [1.82, 2.24) is 0 Å². The van der Waals surface area contributed by atoms with E-state index in [1.54, 1.807) is 11.1 Å². The van der Waals surface area contributed by atoms with Gasteiger partial charge in [-0.1, -0.05) is 0 Å². The van der Waals surface area contributed by atoms with E-state index >= 15 is 0 Å². The molecule has 0 aromatic rings. The Morgan fingerprint density at radius 2 is 1.21 bits per heavy atom. The van der Waals surface area contributed by atoms with Gasteiger partial charge in [0.05, 0.1) is 0 Å². The molecule has 3 rings (SSSR count). The van der Waals surface area contributed by atoms with Crippen molar-refractivity contribution in [2.45, 2.75) is 68.1 Å². The Balaban J connectivity index is 0.00000144. The average molecular weight is 449 g/mol. The van der Waals surface area contributed by atoms with E-state index in [1.807, 2.05) is 6.56 Å². The van der Waals surface area contributed by atoms with Crippen LogP contribution in [-0.4, -0.2) is 0 Å². The van der Waals surface area contributed by atoms with Gasteiger partial charge in [-0.2, -0.15) is 0 Å². The molecule has 1 saturated carbocycles. The van der Waals surface area contributed by atoms with Gasteiger partial charge in [0.2, 0.25) is 0 Å². The van der Waals surface area contributed by atoms with Gasteiger partial charge in [0.25, 0.3) is 0 Å². The summed E-state index contributed by atoms with van der Waals surface area (Å²) >= 11 is -2.55. The Bertz CT molecular complexity index is 537. The van der Waals surface area contributed by atoms with Crippen LogP contribution in [0.2, 0.25) is 8.26 Å². The summed E-state index contributed by atoms with van der Waals surface area (Å²) < 4.78 is 7.66. The molecular weight excluding hydrogens is 414 g/mol. The van der Waals surface area contributed by atoms with Gasteiger partial charge in [0, 0.05) is 0 Å². The van der Waals surface area contributed by atoms with Crippen LogP contribution in [0.25, 0.3) is 0 Å². The summed E-state index contributed by atoms with van der Waals surface area (Å²) in [7, 11) is 0. The molecule has 24 heavy (non-hydrogen) atoms. The molecular formula is C21H34Cl2Zr.